The third kappa shape index (κ3) is 3.46. The Kier molecular flexibility index (Phi) is 4.79. The van der Waals surface area contributed by atoms with Crippen molar-refractivity contribution >= 4 is 12.2 Å². The van der Waals surface area contributed by atoms with Crippen molar-refractivity contribution in [2.75, 3.05) is 26.8 Å². The van der Waals surface area contributed by atoms with Crippen molar-refractivity contribution < 1.29 is 9.47 Å². The van der Waals surface area contributed by atoms with E-state index in [4.69, 9.17) is 26.8 Å². The summed E-state index contributed by atoms with van der Waals surface area (Å²) in [6.45, 7) is 5.32. The number of methoxy groups -OCH3 is 1. The first-order valence-electron chi connectivity index (χ1n) is 7.70. The number of morpholine rings is 1. The number of hydrogen-bond acceptors (Lipinski definition) is 5. The number of ether oxygens (including phenoxy) is 2. The molecular weight excluding hydrogens is 312 g/mol. The molecule has 1 aliphatic rings. The molecule has 23 heavy (non-hydrogen) atoms. The minimum absolute atomic E-state index is 0.250. The van der Waals surface area contributed by atoms with Crippen LogP contribution in [0.1, 0.15) is 6.92 Å². The third-order valence-corrected chi connectivity index (χ3v) is 4.51. The minimum atomic E-state index is 0.250. The first-order valence-corrected chi connectivity index (χ1v) is 8.11. The molecule has 6 nitrogen and oxygen atoms in total. The highest BCUT2D eigenvalue weighted by atomic mass is 32.1. The van der Waals surface area contributed by atoms with Gasteiger partial charge in [0.2, 0.25) is 0 Å². The van der Waals surface area contributed by atoms with E-state index in [-0.39, 0.29) is 6.10 Å². The molecule has 1 aliphatic heterocycles. The second kappa shape index (κ2) is 6.82. The van der Waals surface area contributed by atoms with Crippen LogP contribution in [-0.4, -0.2) is 52.2 Å². The summed E-state index contributed by atoms with van der Waals surface area (Å²) in [4.78, 5) is 2.31. The summed E-state index contributed by atoms with van der Waals surface area (Å²) < 4.78 is 15.4. The minimum Gasteiger partial charge on any atom is -0.497 e. The number of aromatic nitrogens is 3. The molecule has 2 aromatic rings. The van der Waals surface area contributed by atoms with Gasteiger partial charge in [-0.1, -0.05) is 12.1 Å². The Morgan fingerprint density at radius 3 is 3.00 bits per heavy atom. The van der Waals surface area contributed by atoms with E-state index in [1.807, 2.05) is 40.6 Å². The SMILES string of the molecule is COc1cccc(-c2nn(CN3CCOC(C)C3)c(=S)n2C)c1. The molecule has 1 aromatic carbocycles. The maximum atomic E-state index is 5.58. The molecule has 2 heterocycles. The van der Waals surface area contributed by atoms with Gasteiger partial charge in [-0.2, -0.15) is 5.10 Å². The van der Waals surface area contributed by atoms with Gasteiger partial charge in [0, 0.05) is 25.7 Å². The Labute approximate surface area is 141 Å². The third-order valence-electron chi connectivity index (χ3n) is 4.03. The molecule has 0 spiro atoms. The van der Waals surface area contributed by atoms with Crippen LogP contribution in [0.3, 0.4) is 0 Å². The second-order valence-corrected chi connectivity index (χ2v) is 6.16. The molecule has 3 rings (SSSR count). The van der Waals surface area contributed by atoms with E-state index < -0.39 is 0 Å². The van der Waals surface area contributed by atoms with Crippen molar-refractivity contribution in [2.24, 2.45) is 7.05 Å². The summed E-state index contributed by atoms with van der Waals surface area (Å²) in [6.07, 6.45) is 0.250. The van der Waals surface area contributed by atoms with Crippen LogP contribution in [0.5, 0.6) is 5.75 Å². The second-order valence-electron chi connectivity index (χ2n) is 5.80. The predicted octanol–water partition coefficient (Wildman–Crippen LogP) is 2.30. The monoisotopic (exact) mass is 334 g/mol. The van der Waals surface area contributed by atoms with Crippen molar-refractivity contribution in [3.8, 4) is 17.1 Å². The number of rotatable bonds is 4. The molecule has 0 saturated carbocycles. The van der Waals surface area contributed by atoms with Crippen LogP contribution in [-0.2, 0) is 18.5 Å². The molecular formula is C16H22N4O2S. The zero-order valence-corrected chi connectivity index (χ0v) is 14.5. The lowest BCUT2D eigenvalue weighted by molar-refractivity contribution is -0.0307. The molecule has 1 atom stereocenters. The van der Waals surface area contributed by atoms with Gasteiger partial charge in [0.1, 0.15) is 5.75 Å². The Hall–Kier alpha value is -1.70. The van der Waals surface area contributed by atoms with Crippen LogP contribution in [0.15, 0.2) is 24.3 Å². The summed E-state index contributed by atoms with van der Waals surface area (Å²) in [5.41, 5.74) is 0.993. The summed E-state index contributed by atoms with van der Waals surface area (Å²) in [7, 11) is 3.61. The molecule has 0 radical (unpaired) electrons. The van der Waals surface area contributed by atoms with Crippen molar-refractivity contribution in [3.63, 3.8) is 0 Å². The average molecular weight is 334 g/mol. The number of nitrogens with zero attached hydrogens (tertiary/aromatic N) is 4. The Morgan fingerprint density at radius 1 is 1.43 bits per heavy atom. The van der Waals surface area contributed by atoms with Crippen LogP contribution < -0.4 is 4.74 Å². The van der Waals surface area contributed by atoms with E-state index in [0.29, 0.717) is 11.4 Å². The van der Waals surface area contributed by atoms with Gasteiger partial charge >= 0.3 is 0 Å². The number of benzene rings is 1. The summed E-state index contributed by atoms with van der Waals surface area (Å²) >= 11 is 5.55. The molecule has 124 valence electrons. The van der Waals surface area contributed by atoms with Crippen LogP contribution >= 0.6 is 12.2 Å². The standard InChI is InChI=1S/C16H22N4O2S/c1-12-10-19(7-8-22-12)11-20-16(23)18(2)15(17-20)13-5-4-6-14(9-13)21-3/h4-6,9,12H,7-8,10-11H2,1-3H3. The van der Waals surface area contributed by atoms with Gasteiger partial charge in [-0.25, -0.2) is 4.68 Å². The highest BCUT2D eigenvalue weighted by molar-refractivity contribution is 7.71. The molecule has 1 fully saturated rings. The molecule has 1 aromatic heterocycles. The van der Waals surface area contributed by atoms with Gasteiger partial charge in [0.15, 0.2) is 10.6 Å². The lowest BCUT2D eigenvalue weighted by atomic mass is 10.2. The van der Waals surface area contributed by atoms with Gasteiger partial charge in [-0.15, -0.1) is 0 Å². The Balaban J connectivity index is 1.87. The van der Waals surface area contributed by atoms with Gasteiger partial charge in [-0.05, 0) is 31.3 Å². The largest absolute Gasteiger partial charge is 0.497 e. The normalized spacial score (nSPS) is 19.0. The zero-order chi connectivity index (χ0) is 16.4. The fourth-order valence-electron chi connectivity index (χ4n) is 2.80. The maximum Gasteiger partial charge on any atom is 0.199 e. The first kappa shape index (κ1) is 16.2. The fourth-order valence-corrected chi connectivity index (χ4v) is 2.99. The van der Waals surface area contributed by atoms with E-state index in [1.54, 1.807) is 7.11 Å². The van der Waals surface area contributed by atoms with E-state index in [9.17, 15) is 0 Å². The zero-order valence-electron chi connectivity index (χ0n) is 13.7. The summed E-state index contributed by atoms with van der Waals surface area (Å²) in [5, 5.41) is 4.71. The van der Waals surface area contributed by atoms with Gasteiger partial charge < -0.3 is 14.0 Å². The maximum absolute atomic E-state index is 5.58. The summed E-state index contributed by atoms with van der Waals surface area (Å²) in [5.74, 6) is 1.65. The molecule has 0 N–H and O–H groups in total. The molecule has 0 bridgehead atoms. The van der Waals surface area contributed by atoms with Crippen molar-refractivity contribution in [3.05, 3.63) is 29.0 Å². The van der Waals surface area contributed by atoms with Crippen molar-refractivity contribution in [1.82, 2.24) is 19.2 Å². The summed E-state index contributed by atoms with van der Waals surface area (Å²) in [6, 6.07) is 7.86. The molecule has 1 saturated heterocycles. The smallest absolute Gasteiger partial charge is 0.199 e. The molecule has 1 unspecified atom stereocenters. The average Bonchev–Trinajstić information content (AvgIpc) is 2.83. The topological polar surface area (TPSA) is 44.4 Å². The Bertz CT molecular complexity index is 740. The van der Waals surface area contributed by atoms with Crippen molar-refractivity contribution in [1.29, 1.82) is 0 Å². The van der Waals surface area contributed by atoms with Gasteiger partial charge in [-0.3, -0.25) is 4.90 Å². The van der Waals surface area contributed by atoms with E-state index >= 15 is 0 Å². The van der Waals surface area contributed by atoms with E-state index in [2.05, 4.69) is 11.8 Å². The predicted molar refractivity (Wildman–Crippen MR) is 91.0 cm³/mol. The van der Waals surface area contributed by atoms with Gasteiger partial charge in [0.25, 0.3) is 0 Å². The Morgan fingerprint density at radius 2 is 2.26 bits per heavy atom. The van der Waals surface area contributed by atoms with Crippen LogP contribution in [0.4, 0.5) is 0 Å². The molecule has 0 amide bonds. The highest BCUT2D eigenvalue weighted by Gasteiger charge is 2.18. The van der Waals surface area contributed by atoms with E-state index in [1.165, 1.54) is 0 Å². The molecule has 0 aliphatic carbocycles. The quantitative estimate of drug-likeness (QED) is 0.803. The lowest BCUT2D eigenvalue weighted by Gasteiger charge is -2.30. The highest BCUT2D eigenvalue weighted by Crippen LogP contribution is 2.22. The number of hydrogen-bond donors (Lipinski definition) is 0. The van der Waals surface area contributed by atoms with Crippen molar-refractivity contribution in [2.45, 2.75) is 19.7 Å². The van der Waals surface area contributed by atoms with Crippen LogP contribution in [0.2, 0.25) is 0 Å². The lowest BCUT2D eigenvalue weighted by Crippen LogP contribution is -2.42. The van der Waals surface area contributed by atoms with E-state index in [0.717, 1.165) is 36.8 Å². The first-order chi connectivity index (χ1) is 11.1. The van der Waals surface area contributed by atoms with Crippen LogP contribution in [0, 0.1) is 4.77 Å². The molecule has 7 heteroatoms. The van der Waals surface area contributed by atoms with Gasteiger partial charge in [0.05, 0.1) is 26.5 Å². The van der Waals surface area contributed by atoms with Crippen LogP contribution in [0.25, 0.3) is 11.4 Å². The fraction of sp³-hybridized carbons (Fsp3) is 0.500.